The first-order chi connectivity index (χ1) is 7.08. The van der Waals surface area contributed by atoms with E-state index in [4.69, 9.17) is 4.74 Å². The van der Waals surface area contributed by atoms with Crippen molar-refractivity contribution in [2.45, 2.75) is 25.7 Å². The van der Waals surface area contributed by atoms with Crippen molar-refractivity contribution >= 4 is 11.9 Å². The molecule has 0 aliphatic heterocycles. The van der Waals surface area contributed by atoms with Crippen molar-refractivity contribution in [1.29, 1.82) is 0 Å². The van der Waals surface area contributed by atoms with Gasteiger partial charge in [-0.25, -0.2) is 4.79 Å². The van der Waals surface area contributed by atoms with Gasteiger partial charge in [0.25, 0.3) is 0 Å². The minimum atomic E-state index is -0.845. The fourth-order valence-electron chi connectivity index (χ4n) is 2.12. The Morgan fingerprint density at radius 3 is 2.07 bits per heavy atom. The Morgan fingerprint density at radius 2 is 1.67 bits per heavy atom. The quantitative estimate of drug-likeness (QED) is 0.525. The number of methoxy groups -OCH3 is 2. The van der Waals surface area contributed by atoms with Crippen molar-refractivity contribution in [1.82, 2.24) is 0 Å². The Kier molecular flexibility index (Phi) is 3.50. The zero-order valence-electron chi connectivity index (χ0n) is 9.17. The normalized spacial score (nSPS) is 18.3. The summed E-state index contributed by atoms with van der Waals surface area (Å²) in [6.45, 7) is 3.67. The van der Waals surface area contributed by atoms with Gasteiger partial charge in [-0.05, 0) is 12.8 Å². The average molecular weight is 212 g/mol. The lowest BCUT2D eigenvalue weighted by Gasteiger charge is -2.26. The molecule has 0 atom stereocenters. The van der Waals surface area contributed by atoms with E-state index in [2.05, 4.69) is 11.3 Å². The highest BCUT2D eigenvalue weighted by Crippen LogP contribution is 2.44. The van der Waals surface area contributed by atoms with E-state index < -0.39 is 11.4 Å². The van der Waals surface area contributed by atoms with Crippen LogP contribution in [0.4, 0.5) is 0 Å². The smallest absolute Gasteiger partial charge is 0.334 e. The van der Waals surface area contributed by atoms with E-state index in [1.165, 1.54) is 14.2 Å². The van der Waals surface area contributed by atoms with Gasteiger partial charge in [0, 0.05) is 5.57 Å². The highest BCUT2D eigenvalue weighted by molar-refractivity contribution is 5.97. The molecular weight excluding hydrogens is 196 g/mol. The maximum Gasteiger partial charge on any atom is 0.334 e. The highest BCUT2D eigenvalue weighted by atomic mass is 16.5. The lowest BCUT2D eigenvalue weighted by atomic mass is 9.79. The summed E-state index contributed by atoms with van der Waals surface area (Å²) in [5.41, 5.74) is -0.628. The van der Waals surface area contributed by atoms with Gasteiger partial charge in [-0.15, -0.1) is 0 Å². The Morgan fingerprint density at radius 1 is 1.13 bits per heavy atom. The standard InChI is InChI=1S/C11H16O4/c1-8(9(12)14-2)11(10(13)15-3)6-4-5-7-11/h1,4-7H2,2-3H3. The number of carbonyl (C=O) groups is 2. The molecule has 0 amide bonds. The molecule has 1 saturated carbocycles. The maximum atomic E-state index is 11.7. The fraction of sp³-hybridized carbons (Fsp3) is 0.636. The molecule has 0 bridgehead atoms. The van der Waals surface area contributed by atoms with Crippen LogP contribution in [0, 0.1) is 5.41 Å². The molecule has 4 heteroatoms. The Labute approximate surface area is 89.2 Å². The molecule has 0 N–H and O–H groups in total. The molecule has 1 aliphatic carbocycles. The SMILES string of the molecule is C=C(C(=O)OC)C1(C(=O)OC)CCCC1. The van der Waals surface area contributed by atoms with Crippen LogP contribution in [0.3, 0.4) is 0 Å². The summed E-state index contributed by atoms with van der Waals surface area (Å²) in [5, 5.41) is 0. The van der Waals surface area contributed by atoms with Crippen LogP contribution in [-0.4, -0.2) is 26.2 Å². The number of hydrogen-bond donors (Lipinski definition) is 0. The van der Waals surface area contributed by atoms with Crippen molar-refractivity contribution in [2.24, 2.45) is 5.41 Å². The van der Waals surface area contributed by atoms with Crippen LogP contribution < -0.4 is 0 Å². The van der Waals surface area contributed by atoms with Gasteiger partial charge in [-0.3, -0.25) is 4.79 Å². The lowest BCUT2D eigenvalue weighted by molar-refractivity contribution is -0.153. The van der Waals surface area contributed by atoms with Crippen LogP contribution in [0.1, 0.15) is 25.7 Å². The van der Waals surface area contributed by atoms with E-state index in [1.807, 2.05) is 0 Å². The summed E-state index contributed by atoms with van der Waals surface area (Å²) in [6.07, 6.45) is 3.05. The van der Waals surface area contributed by atoms with Crippen molar-refractivity contribution in [3.63, 3.8) is 0 Å². The molecule has 0 heterocycles. The molecule has 1 fully saturated rings. The van der Waals surface area contributed by atoms with E-state index in [1.54, 1.807) is 0 Å². The second-order valence-corrected chi connectivity index (χ2v) is 3.75. The van der Waals surface area contributed by atoms with Crippen LogP contribution in [0.5, 0.6) is 0 Å². The largest absolute Gasteiger partial charge is 0.468 e. The summed E-state index contributed by atoms with van der Waals surface area (Å²) < 4.78 is 9.34. The second kappa shape index (κ2) is 4.47. The van der Waals surface area contributed by atoms with Gasteiger partial charge in [0.15, 0.2) is 0 Å². The molecule has 15 heavy (non-hydrogen) atoms. The molecule has 0 aromatic heterocycles. The molecule has 0 aromatic rings. The number of carbonyl (C=O) groups excluding carboxylic acids is 2. The van der Waals surface area contributed by atoms with Crippen LogP contribution in [0.2, 0.25) is 0 Å². The maximum absolute atomic E-state index is 11.7. The summed E-state index contributed by atoms with van der Waals surface area (Å²) in [5.74, 6) is -0.905. The molecule has 1 rings (SSSR count). The Balaban J connectivity index is 2.96. The first kappa shape index (κ1) is 11.8. The molecule has 4 nitrogen and oxygen atoms in total. The third-order valence-corrected chi connectivity index (χ3v) is 3.04. The minimum absolute atomic E-state index is 0.217. The van der Waals surface area contributed by atoms with Crippen LogP contribution in [0.15, 0.2) is 12.2 Å². The topological polar surface area (TPSA) is 52.6 Å². The van der Waals surface area contributed by atoms with Gasteiger partial charge in [-0.1, -0.05) is 19.4 Å². The second-order valence-electron chi connectivity index (χ2n) is 3.75. The molecular formula is C11H16O4. The average Bonchev–Trinajstić information content (AvgIpc) is 2.76. The van der Waals surface area contributed by atoms with E-state index in [0.717, 1.165) is 12.8 Å². The molecule has 0 saturated heterocycles. The van der Waals surface area contributed by atoms with Gasteiger partial charge in [-0.2, -0.15) is 0 Å². The Bertz CT molecular complexity index is 287. The number of rotatable bonds is 3. The van der Waals surface area contributed by atoms with Gasteiger partial charge in [0.05, 0.1) is 19.6 Å². The predicted octanol–water partition coefficient (Wildman–Crippen LogP) is 1.45. The van der Waals surface area contributed by atoms with Crippen molar-refractivity contribution < 1.29 is 19.1 Å². The van der Waals surface area contributed by atoms with E-state index in [0.29, 0.717) is 12.8 Å². The monoisotopic (exact) mass is 212 g/mol. The molecule has 0 aromatic carbocycles. The molecule has 84 valence electrons. The van der Waals surface area contributed by atoms with Crippen molar-refractivity contribution in [3.05, 3.63) is 12.2 Å². The lowest BCUT2D eigenvalue weighted by Crippen LogP contribution is -2.34. The van der Waals surface area contributed by atoms with E-state index in [9.17, 15) is 9.59 Å². The molecule has 0 radical (unpaired) electrons. The third-order valence-electron chi connectivity index (χ3n) is 3.04. The van der Waals surface area contributed by atoms with Gasteiger partial charge in [0.1, 0.15) is 0 Å². The van der Waals surface area contributed by atoms with E-state index >= 15 is 0 Å². The third kappa shape index (κ3) is 1.89. The zero-order chi connectivity index (χ0) is 11.5. The molecule has 0 unspecified atom stereocenters. The highest BCUT2D eigenvalue weighted by Gasteiger charge is 2.47. The first-order valence-corrected chi connectivity index (χ1v) is 4.94. The summed E-state index contributed by atoms with van der Waals surface area (Å²) in [6, 6.07) is 0. The van der Waals surface area contributed by atoms with Gasteiger partial charge >= 0.3 is 11.9 Å². The summed E-state index contributed by atoms with van der Waals surface area (Å²) >= 11 is 0. The van der Waals surface area contributed by atoms with Crippen LogP contribution >= 0.6 is 0 Å². The predicted molar refractivity (Wildman–Crippen MR) is 54.1 cm³/mol. The zero-order valence-corrected chi connectivity index (χ0v) is 9.17. The Hall–Kier alpha value is -1.32. The first-order valence-electron chi connectivity index (χ1n) is 4.94. The van der Waals surface area contributed by atoms with E-state index in [-0.39, 0.29) is 11.5 Å². The minimum Gasteiger partial charge on any atom is -0.468 e. The van der Waals surface area contributed by atoms with Crippen LogP contribution in [0.25, 0.3) is 0 Å². The molecule has 1 aliphatic rings. The van der Waals surface area contributed by atoms with Crippen LogP contribution in [-0.2, 0) is 19.1 Å². The number of hydrogen-bond acceptors (Lipinski definition) is 4. The van der Waals surface area contributed by atoms with Crippen molar-refractivity contribution in [3.8, 4) is 0 Å². The molecule has 0 spiro atoms. The van der Waals surface area contributed by atoms with Crippen molar-refractivity contribution in [2.75, 3.05) is 14.2 Å². The summed E-state index contributed by atoms with van der Waals surface area (Å²) in [4.78, 5) is 23.1. The number of esters is 2. The van der Waals surface area contributed by atoms with Gasteiger partial charge < -0.3 is 9.47 Å². The number of ether oxygens (including phenoxy) is 2. The van der Waals surface area contributed by atoms with Gasteiger partial charge in [0.2, 0.25) is 0 Å². The summed E-state index contributed by atoms with van der Waals surface area (Å²) in [7, 11) is 2.61. The fourth-order valence-corrected chi connectivity index (χ4v) is 2.12.